The molecule has 0 unspecified atom stereocenters. The molecular weight excluding hydrogens is 289 g/mol. The van der Waals surface area contributed by atoms with Crippen LogP contribution in [0, 0.1) is 0 Å². The minimum Gasteiger partial charge on any atom is -0.444 e. The number of nitrogens with two attached hydrogens (primary N) is 1. The molecule has 5 nitrogen and oxygen atoms in total. The van der Waals surface area contributed by atoms with Gasteiger partial charge in [-0.25, -0.2) is 4.79 Å². The number of anilines is 1. The third-order valence-electron chi connectivity index (χ3n) is 2.20. The summed E-state index contributed by atoms with van der Waals surface area (Å²) in [5, 5.41) is 2.36. The Balaban J connectivity index is 2.98. The van der Waals surface area contributed by atoms with Crippen LogP contribution in [0.5, 0.6) is 5.75 Å². The van der Waals surface area contributed by atoms with Gasteiger partial charge in [-0.2, -0.15) is 0 Å². The van der Waals surface area contributed by atoms with E-state index in [1.54, 1.807) is 20.8 Å². The molecule has 0 aliphatic carbocycles. The number of ether oxygens (including phenoxy) is 2. The van der Waals surface area contributed by atoms with Gasteiger partial charge in [-0.3, -0.25) is 5.32 Å². The summed E-state index contributed by atoms with van der Waals surface area (Å²) in [5.74, 6) is -0.460. The van der Waals surface area contributed by atoms with E-state index in [0.717, 1.165) is 6.07 Å². The van der Waals surface area contributed by atoms with Crippen LogP contribution in [0.2, 0.25) is 0 Å². The van der Waals surface area contributed by atoms with Crippen LogP contribution in [0.15, 0.2) is 18.2 Å². The van der Waals surface area contributed by atoms with Crippen molar-refractivity contribution in [1.29, 1.82) is 0 Å². The van der Waals surface area contributed by atoms with Gasteiger partial charge >= 0.3 is 12.5 Å². The van der Waals surface area contributed by atoms with Gasteiger partial charge in [0.05, 0.1) is 5.69 Å². The SMILES string of the molecule is CC(C)(C)OC(=O)Nc1cccc(OC(F)(F)F)c1CN. The maximum Gasteiger partial charge on any atom is 0.573 e. The fourth-order valence-electron chi connectivity index (χ4n) is 1.53. The predicted molar refractivity (Wildman–Crippen MR) is 70.9 cm³/mol. The van der Waals surface area contributed by atoms with E-state index in [1.807, 2.05) is 0 Å². The highest BCUT2D eigenvalue weighted by molar-refractivity contribution is 5.86. The van der Waals surface area contributed by atoms with E-state index in [4.69, 9.17) is 10.5 Å². The van der Waals surface area contributed by atoms with E-state index in [-0.39, 0.29) is 17.8 Å². The first-order valence-electron chi connectivity index (χ1n) is 6.09. The van der Waals surface area contributed by atoms with Crippen molar-refractivity contribution in [3.05, 3.63) is 23.8 Å². The van der Waals surface area contributed by atoms with Gasteiger partial charge < -0.3 is 15.2 Å². The first kappa shape index (κ1) is 17.1. The van der Waals surface area contributed by atoms with E-state index < -0.39 is 23.8 Å². The molecule has 0 aliphatic heterocycles. The quantitative estimate of drug-likeness (QED) is 0.897. The molecule has 0 atom stereocenters. The molecule has 1 aromatic carbocycles. The summed E-state index contributed by atoms with van der Waals surface area (Å²) >= 11 is 0. The van der Waals surface area contributed by atoms with Crippen molar-refractivity contribution < 1.29 is 27.4 Å². The zero-order valence-corrected chi connectivity index (χ0v) is 11.9. The molecular formula is C13H17F3N2O3. The first-order valence-corrected chi connectivity index (χ1v) is 6.09. The highest BCUT2D eigenvalue weighted by Gasteiger charge is 2.32. The summed E-state index contributed by atoms with van der Waals surface area (Å²) in [5.41, 5.74) is 4.84. The van der Waals surface area contributed by atoms with Crippen molar-refractivity contribution in [2.24, 2.45) is 5.73 Å². The van der Waals surface area contributed by atoms with E-state index in [1.165, 1.54) is 12.1 Å². The molecule has 0 radical (unpaired) electrons. The lowest BCUT2D eigenvalue weighted by Crippen LogP contribution is -2.28. The Hall–Kier alpha value is -1.96. The monoisotopic (exact) mass is 306 g/mol. The number of halogens is 3. The van der Waals surface area contributed by atoms with Crippen LogP contribution in [0.3, 0.4) is 0 Å². The molecule has 0 fully saturated rings. The second-order valence-electron chi connectivity index (χ2n) is 5.16. The van der Waals surface area contributed by atoms with Gasteiger partial charge in [-0.1, -0.05) is 6.07 Å². The van der Waals surface area contributed by atoms with Gasteiger partial charge in [0, 0.05) is 12.1 Å². The molecule has 0 saturated heterocycles. The number of benzene rings is 1. The van der Waals surface area contributed by atoms with Crippen LogP contribution in [-0.2, 0) is 11.3 Å². The van der Waals surface area contributed by atoms with Crippen molar-refractivity contribution >= 4 is 11.8 Å². The number of hydrogen-bond acceptors (Lipinski definition) is 4. The Morgan fingerprint density at radius 2 is 1.90 bits per heavy atom. The Morgan fingerprint density at radius 3 is 2.38 bits per heavy atom. The molecule has 21 heavy (non-hydrogen) atoms. The number of rotatable bonds is 3. The molecule has 1 amide bonds. The van der Waals surface area contributed by atoms with Crippen molar-refractivity contribution in [3.63, 3.8) is 0 Å². The summed E-state index contributed by atoms with van der Waals surface area (Å²) in [7, 11) is 0. The van der Waals surface area contributed by atoms with Crippen LogP contribution in [0.4, 0.5) is 23.7 Å². The number of nitrogens with one attached hydrogen (secondary N) is 1. The molecule has 0 saturated carbocycles. The zero-order valence-electron chi connectivity index (χ0n) is 11.9. The Labute approximate surface area is 120 Å². The number of carbonyl (C=O) groups is 1. The largest absolute Gasteiger partial charge is 0.573 e. The third kappa shape index (κ3) is 5.90. The number of carbonyl (C=O) groups excluding carboxylic acids is 1. The fourth-order valence-corrected chi connectivity index (χ4v) is 1.53. The predicted octanol–water partition coefficient (Wildman–Crippen LogP) is 3.39. The van der Waals surface area contributed by atoms with Crippen molar-refractivity contribution in [1.82, 2.24) is 0 Å². The van der Waals surface area contributed by atoms with Gasteiger partial charge in [0.1, 0.15) is 11.4 Å². The molecule has 1 aromatic rings. The maximum absolute atomic E-state index is 12.3. The topological polar surface area (TPSA) is 73.6 Å². The van der Waals surface area contributed by atoms with Crippen molar-refractivity contribution in [3.8, 4) is 5.75 Å². The maximum atomic E-state index is 12.3. The molecule has 1 rings (SSSR count). The third-order valence-corrected chi connectivity index (χ3v) is 2.20. The van der Waals surface area contributed by atoms with E-state index >= 15 is 0 Å². The Bertz CT molecular complexity index is 510. The zero-order chi connectivity index (χ0) is 16.3. The molecule has 0 bridgehead atoms. The molecule has 0 aromatic heterocycles. The summed E-state index contributed by atoms with van der Waals surface area (Å²) in [6.07, 6.45) is -5.63. The van der Waals surface area contributed by atoms with Gasteiger partial charge in [0.25, 0.3) is 0 Å². The normalized spacial score (nSPS) is 12.0. The van der Waals surface area contributed by atoms with Crippen LogP contribution in [-0.4, -0.2) is 18.1 Å². The minimum atomic E-state index is -4.84. The number of alkyl halides is 3. The van der Waals surface area contributed by atoms with Crippen LogP contribution >= 0.6 is 0 Å². The summed E-state index contributed by atoms with van der Waals surface area (Å²) < 4.78 is 45.8. The molecule has 3 N–H and O–H groups in total. The van der Waals surface area contributed by atoms with Gasteiger partial charge in [0.15, 0.2) is 0 Å². The van der Waals surface area contributed by atoms with Gasteiger partial charge in [-0.05, 0) is 32.9 Å². The Morgan fingerprint density at radius 1 is 1.29 bits per heavy atom. The molecule has 0 spiro atoms. The summed E-state index contributed by atoms with van der Waals surface area (Å²) in [6.45, 7) is 4.76. The van der Waals surface area contributed by atoms with Crippen molar-refractivity contribution in [2.45, 2.75) is 39.3 Å². The van der Waals surface area contributed by atoms with Crippen LogP contribution < -0.4 is 15.8 Å². The smallest absolute Gasteiger partial charge is 0.444 e. The second-order valence-corrected chi connectivity index (χ2v) is 5.16. The molecule has 118 valence electrons. The standard InChI is InChI=1S/C13H17F3N2O3/c1-12(2,3)21-11(19)18-9-5-4-6-10(8(9)7-17)20-13(14,15)16/h4-6H,7,17H2,1-3H3,(H,18,19). The first-order chi connectivity index (χ1) is 9.52. The Kier molecular flexibility index (Phi) is 5.06. The van der Waals surface area contributed by atoms with E-state index in [0.29, 0.717) is 0 Å². The lowest BCUT2D eigenvalue weighted by Gasteiger charge is -2.21. The molecule has 0 aliphatic rings. The van der Waals surface area contributed by atoms with Gasteiger partial charge in [-0.15, -0.1) is 13.2 Å². The van der Waals surface area contributed by atoms with E-state index in [9.17, 15) is 18.0 Å². The lowest BCUT2D eigenvalue weighted by molar-refractivity contribution is -0.274. The lowest BCUT2D eigenvalue weighted by atomic mass is 10.1. The van der Waals surface area contributed by atoms with E-state index in [2.05, 4.69) is 10.1 Å². The number of hydrogen-bond donors (Lipinski definition) is 2. The average Bonchev–Trinajstić information content (AvgIpc) is 2.24. The van der Waals surface area contributed by atoms with Crippen LogP contribution in [0.1, 0.15) is 26.3 Å². The molecule has 8 heteroatoms. The number of amides is 1. The summed E-state index contributed by atoms with van der Waals surface area (Å²) in [4.78, 5) is 11.7. The molecule has 0 heterocycles. The average molecular weight is 306 g/mol. The second kappa shape index (κ2) is 6.21. The highest BCUT2D eigenvalue weighted by Crippen LogP contribution is 2.31. The van der Waals surface area contributed by atoms with Gasteiger partial charge in [0.2, 0.25) is 0 Å². The summed E-state index contributed by atoms with van der Waals surface area (Å²) in [6, 6.07) is 3.85. The van der Waals surface area contributed by atoms with Crippen molar-refractivity contribution in [2.75, 3.05) is 5.32 Å². The fraction of sp³-hybridized carbons (Fsp3) is 0.462. The highest BCUT2D eigenvalue weighted by atomic mass is 19.4. The van der Waals surface area contributed by atoms with Crippen LogP contribution in [0.25, 0.3) is 0 Å². The minimum absolute atomic E-state index is 0.0284.